The van der Waals surface area contributed by atoms with Gasteiger partial charge in [0.1, 0.15) is 11.5 Å². The molecule has 0 N–H and O–H groups in total. The van der Waals surface area contributed by atoms with E-state index < -0.39 is 17.2 Å². The minimum absolute atomic E-state index is 0.0454. The molecule has 128 valence electrons. The van der Waals surface area contributed by atoms with Crippen molar-refractivity contribution < 1.29 is 14.0 Å². The molecule has 6 heteroatoms. The van der Waals surface area contributed by atoms with Crippen molar-refractivity contribution in [2.24, 2.45) is 4.99 Å². The molecule has 1 unspecified atom stereocenters. The summed E-state index contributed by atoms with van der Waals surface area (Å²) >= 11 is 6.09. The summed E-state index contributed by atoms with van der Waals surface area (Å²) in [7, 11) is 0. The monoisotopic (exact) mass is 358 g/mol. The highest BCUT2D eigenvalue weighted by atomic mass is 35.5. The van der Waals surface area contributed by atoms with E-state index in [2.05, 4.69) is 4.99 Å². The van der Waals surface area contributed by atoms with Gasteiger partial charge in [0, 0.05) is 6.54 Å². The number of hydrogen-bond donors (Lipinski definition) is 0. The SMILES string of the molecule is O=C1C(=NCc2ccc(F)cc2)C(Cl)C(=O)N1CCc1ccccc1. The van der Waals surface area contributed by atoms with Crippen LogP contribution in [0.1, 0.15) is 11.1 Å². The van der Waals surface area contributed by atoms with Gasteiger partial charge >= 0.3 is 0 Å². The molecule has 1 heterocycles. The highest BCUT2D eigenvalue weighted by Crippen LogP contribution is 2.18. The van der Waals surface area contributed by atoms with Crippen molar-refractivity contribution in [1.29, 1.82) is 0 Å². The van der Waals surface area contributed by atoms with E-state index in [1.165, 1.54) is 12.1 Å². The van der Waals surface area contributed by atoms with Crippen molar-refractivity contribution in [2.75, 3.05) is 6.54 Å². The van der Waals surface area contributed by atoms with Crippen LogP contribution in [-0.2, 0) is 22.6 Å². The standard InChI is InChI=1S/C19H16ClFN2O2/c20-16-17(22-12-14-6-8-15(21)9-7-14)19(25)23(18(16)24)11-10-13-4-2-1-3-5-13/h1-9,16H,10-12H2. The Kier molecular flexibility index (Phi) is 5.24. The Hall–Kier alpha value is -2.53. The fraction of sp³-hybridized carbons (Fsp3) is 0.211. The third kappa shape index (κ3) is 3.94. The summed E-state index contributed by atoms with van der Waals surface area (Å²) in [5, 5.41) is -1.07. The maximum absolute atomic E-state index is 12.9. The van der Waals surface area contributed by atoms with E-state index in [1.807, 2.05) is 30.3 Å². The lowest BCUT2D eigenvalue weighted by Gasteiger charge is -2.12. The van der Waals surface area contributed by atoms with Crippen LogP contribution in [0, 0.1) is 5.82 Å². The second-order valence-corrected chi connectivity index (χ2v) is 6.16. The lowest BCUT2D eigenvalue weighted by molar-refractivity contribution is -0.136. The Morgan fingerprint density at radius 3 is 2.36 bits per heavy atom. The molecule has 2 aromatic carbocycles. The molecule has 25 heavy (non-hydrogen) atoms. The minimum atomic E-state index is -1.07. The molecule has 0 spiro atoms. The van der Waals surface area contributed by atoms with Gasteiger partial charge in [-0.3, -0.25) is 19.5 Å². The van der Waals surface area contributed by atoms with Crippen molar-refractivity contribution in [3.8, 4) is 0 Å². The molecule has 0 radical (unpaired) electrons. The van der Waals surface area contributed by atoms with Crippen molar-refractivity contribution in [2.45, 2.75) is 18.3 Å². The van der Waals surface area contributed by atoms with E-state index in [0.29, 0.717) is 6.42 Å². The topological polar surface area (TPSA) is 49.7 Å². The van der Waals surface area contributed by atoms with E-state index in [4.69, 9.17) is 11.6 Å². The zero-order valence-corrected chi connectivity index (χ0v) is 14.1. The van der Waals surface area contributed by atoms with Gasteiger partial charge in [-0.05, 0) is 29.7 Å². The van der Waals surface area contributed by atoms with Gasteiger partial charge in [-0.1, -0.05) is 42.5 Å². The van der Waals surface area contributed by atoms with Gasteiger partial charge in [0.05, 0.1) is 6.54 Å². The summed E-state index contributed by atoms with van der Waals surface area (Å²) in [6.07, 6.45) is 0.563. The third-order valence-electron chi connectivity index (χ3n) is 4.00. The van der Waals surface area contributed by atoms with Crippen molar-refractivity contribution >= 4 is 29.1 Å². The number of carbonyl (C=O) groups excluding carboxylic acids is 2. The Bertz CT molecular complexity index is 806. The molecule has 1 aliphatic heterocycles. The van der Waals surface area contributed by atoms with Gasteiger partial charge in [-0.15, -0.1) is 11.6 Å². The van der Waals surface area contributed by atoms with Crippen LogP contribution in [0.2, 0.25) is 0 Å². The number of hydrogen-bond acceptors (Lipinski definition) is 3. The second-order valence-electron chi connectivity index (χ2n) is 5.72. The van der Waals surface area contributed by atoms with Crippen LogP contribution in [0.4, 0.5) is 4.39 Å². The quantitative estimate of drug-likeness (QED) is 0.609. The number of imide groups is 1. The van der Waals surface area contributed by atoms with Crippen LogP contribution in [0.25, 0.3) is 0 Å². The van der Waals surface area contributed by atoms with Crippen molar-refractivity contribution in [3.05, 3.63) is 71.5 Å². The smallest absolute Gasteiger partial charge is 0.276 e. The van der Waals surface area contributed by atoms with Crippen LogP contribution >= 0.6 is 11.6 Å². The molecule has 2 amide bonds. The van der Waals surface area contributed by atoms with Gasteiger partial charge < -0.3 is 0 Å². The Labute approximate surface area is 149 Å². The molecular formula is C19H16ClFN2O2. The molecule has 0 bridgehead atoms. The normalized spacial score (nSPS) is 19.0. The van der Waals surface area contributed by atoms with Crippen LogP contribution in [-0.4, -0.2) is 34.3 Å². The number of amides is 2. The maximum Gasteiger partial charge on any atom is 0.276 e. The molecule has 3 rings (SSSR count). The molecule has 1 fully saturated rings. The number of nitrogens with zero attached hydrogens (tertiary/aromatic N) is 2. The van der Waals surface area contributed by atoms with Gasteiger partial charge in [-0.2, -0.15) is 0 Å². The zero-order valence-electron chi connectivity index (χ0n) is 13.4. The predicted octanol–water partition coefficient (Wildman–Crippen LogP) is 2.99. The Morgan fingerprint density at radius 1 is 1.00 bits per heavy atom. The van der Waals surface area contributed by atoms with Crippen LogP contribution in [0.15, 0.2) is 59.6 Å². The summed E-state index contributed by atoms with van der Waals surface area (Å²) in [6.45, 7) is 0.435. The van der Waals surface area contributed by atoms with E-state index >= 15 is 0 Å². The average molecular weight is 359 g/mol. The largest absolute Gasteiger partial charge is 0.277 e. The first-order valence-corrected chi connectivity index (χ1v) is 8.32. The molecule has 2 aromatic rings. The molecular weight excluding hydrogens is 343 g/mol. The van der Waals surface area contributed by atoms with E-state index in [0.717, 1.165) is 16.0 Å². The number of likely N-dealkylation sites (tertiary alicyclic amines) is 1. The van der Waals surface area contributed by atoms with Crippen LogP contribution < -0.4 is 0 Å². The fourth-order valence-electron chi connectivity index (χ4n) is 2.61. The highest BCUT2D eigenvalue weighted by molar-refractivity contribution is 6.63. The van der Waals surface area contributed by atoms with Crippen LogP contribution in [0.3, 0.4) is 0 Å². The third-order valence-corrected chi connectivity index (χ3v) is 4.39. The summed E-state index contributed by atoms with van der Waals surface area (Å²) in [5.74, 6) is -1.24. The number of benzene rings is 2. The van der Waals surface area contributed by atoms with Crippen molar-refractivity contribution in [3.63, 3.8) is 0 Å². The summed E-state index contributed by atoms with van der Waals surface area (Å²) < 4.78 is 12.9. The van der Waals surface area contributed by atoms with Gasteiger partial charge in [0.2, 0.25) is 0 Å². The number of halogens is 2. The minimum Gasteiger partial charge on any atom is -0.277 e. The molecule has 1 saturated heterocycles. The fourth-order valence-corrected chi connectivity index (χ4v) is 2.89. The molecule has 0 saturated carbocycles. The first kappa shape index (κ1) is 17.3. The van der Waals surface area contributed by atoms with Gasteiger partial charge in [0.25, 0.3) is 11.8 Å². The summed E-state index contributed by atoms with van der Waals surface area (Å²) in [6, 6.07) is 15.4. The highest BCUT2D eigenvalue weighted by Gasteiger charge is 2.43. The second kappa shape index (κ2) is 7.57. The number of alkyl halides is 1. The lowest BCUT2D eigenvalue weighted by Crippen LogP contribution is -2.33. The van der Waals surface area contributed by atoms with E-state index in [1.54, 1.807) is 12.1 Å². The molecule has 0 aliphatic carbocycles. The first-order chi connectivity index (χ1) is 12.1. The van der Waals surface area contributed by atoms with E-state index in [9.17, 15) is 14.0 Å². The predicted molar refractivity (Wildman–Crippen MR) is 94.0 cm³/mol. The van der Waals surface area contributed by atoms with Crippen molar-refractivity contribution in [1.82, 2.24) is 4.90 Å². The van der Waals surface area contributed by atoms with Gasteiger partial charge in [0.15, 0.2) is 5.38 Å². The lowest BCUT2D eigenvalue weighted by atomic mass is 10.1. The van der Waals surface area contributed by atoms with Crippen LogP contribution in [0.5, 0.6) is 0 Å². The Morgan fingerprint density at radius 2 is 1.68 bits per heavy atom. The molecule has 1 atom stereocenters. The maximum atomic E-state index is 12.9. The van der Waals surface area contributed by atoms with Gasteiger partial charge in [-0.25, -0.2) is 4.39 Å². The van der Waals surface area contributed by atoms with E-state index in [-0.39, 0.29) is 24.6 Å². The summed E-state index contributed by atoms with van der Waals surface area (Å²) in [4.78, 5) is 30.0. The number of carbonyl (C=O) groups is 2. The number of aliphatic imine (C=N–C) groups is 1. The first-order valence-electron chi connectivity index (χ1n) is 7.89. The Balaban J connectivity index is 1.69. The molecule has 4 nitrogen and oxygen atoms in total. The average Bonchev–Trinajstić information content (AvgIpc) is 2.83. The number of rotatable bonds is 5. The summed E-state index contributed by atoms with van der Waals surface area (Å²) in [5.41, 5.74) is 1.82. The molecule has 1 aliphatic rings. The zero-order chi connectivity index (χ0) is 17.8. The molecule has 0 aromatic heterocycles.